The van der Waals surface area contributed by atoms with E-state index in [0.717, 1.165) is 11.1 Å². The lowest BCUT2D eigenvalue weighted by atomic mass is 10.1. The lowest BCUT2D eigenvalue weighted by molar-refractivity contribution is 0.300. The zero-order chi connectivity index (χ0) is 15.2. The Morgan fingerprint density at radius 1 is 1.19 bits per heavy atom. The van der Waals surface area contributed by atoms with Crippen LogP contribution in [-0.4, -0.2) is 13.7 Å². The van der Waals surface area contributed by atoms with Crippen LogP contribution in [-0.2, 0) is 13.0 Å². The molecule has 0 aliphatic heterocycles. The van der Waals surface area contributed by atoms with E-state index in [9.17, 15) is 4.39 Å². The van der Waals surface area contributed by atoms with E-state index < -0.39 is 5.82 Å². The number of halogens is 2. The molecule has 2 aromatic carbocycles. The summed E-state index contributed by atoms with van der Waals surface area (Å²) in [4.78, 5) is 0. The van der Waals surface area contributed by atoms with Crippen molar-refractivity contribution in [3.63, 3.8) is 0 Å². The molecule has 2 N–H and O–H groups in total. The summed E-state index contributed by atoms with van der Waals surface area (Å²) in [6.07, 6.45) is 0.712. The quantitative estimate of drug-likeness (QED) is 0.887. The van der Waals surface area contributed by atoms with Crippen molar-refractivity contribution in [2.24, 2.45) is 5.73 Å². The van der Waals surface area contributed by atoms with Gasteiger partial charge in [0.1, 0.15) is 23.9 Å². The summed E-state index contributed by atoms with van der Waals surface area (Å²) in [6, 6.07) is 10.1. The number of nitrogens with two attached hydrogens (primary N) is 1. The average Bonchev–Trinajstić information content (AvgIpc) is 2.50. The zero-order valence-corrected chi connectivity index (χ0v) is 12.5. The summed E-state index contributed by atoms with van der Waals surface area (Å²) in [6.45, 7) is 0.829. The second kappa shape index (κ2) is 7.29. The topological polar surface area (TPSA) is 44.5 Å². The molecular weight excluding hydrogens is 293 g/mol. The van der Waals surface area contributed by atoms with E-state index in [-0.39, 0.29) is 5.02 Å². The van der Waals surface area contributed by atoms with Crippen molar-refractivity contribution in [2.45, 2.75) is 13.0 Å². The standard InChI is InChI=1S/C16H17ClFNO2/c1-20-13-4-3-12(6-7-19)16(9-13)21-10-11-2-5-15(18)14(17)8-11/h2-5,8-9H,6-7,10,19H2,1H3. The normalized spacial score (nSPS) is 10.5. The molecule has 112 valence electrons. The lowest BCUT2D eigenvalue weighted by Gasteiger charge is -2.13. The number of hydrogen-bond acceptors (Lipinski definition) is 3. The van der Waals surface area contributed by atoms with Gasteiger partial charge in [0.05, 0.1) is 12.1 Å². The lowest BCUT2D eigenvalue weighted by Crippen LogP contribution is -2.06. The van der Waals surface area contributed by atoms with Crippen molar-refractivity contribution < 1.29 is 13.9 Å². The minimum absolute atomic E-state index is 0.0870. The first kappa shape index (κ1) is 15.6. The molecule has 0 aliphatic rings. The number of methoxy groups -OCH3 is 1. The Bertz CT molecular complexity index is 619. The molecule has 0 saturated carbocycles. The fraction of sp³-hybridized carbons (Fsp3) is 0.250. The molecule has 0 amide bonds. The van der Waals surface area contributed by atoms with Crippen molar-refractivity contribution in [1.29, 1.82) is 0 Å². The Morgan fingerprint density at radius 2 is 2.00 bits per heavy atom. The third-order valence-electron chi connectivity index (χ3n) is 3.07. The number of rotatable bonds is 6. The molecule has 0 heterocycles. The maximum Gasteiger partial charge on any atom is 0.141 e. The smallest absolute Gasteiger partial charge is 0.141 e. The molecule has 3 nitrogen and oxygen atoms in total. The summed E-state index contributed by atoms with van der Waals surface area (Å²) in [7, 11) is 1.60. The van der Waals surface area contributed by atoms with E-state index >= 15 is 0 Å². The first-order valence-corrected chi connectivity index (χ1v) is 6.95. The van der Waals surface area contributed by atoms with Crippen LogP contribution in [0.25, 0.3) is 0 Å². The van der Waals surface area contributed by atoms with Gasteiger partial charge < -0.3 is 15.2 Å². The fourth-order valence-corrected chi connectivity index (χ4v) is 2.15. The monoisotopic (exact) mass is 309 g/mol. The summed E-state index contributed by atoms with van der Waals surface area (Å²) >= 11 is 5.76. The first-order chi connectivity index (χ1) is 10.1. The van der Waals surface area contributed by atoms with E-state index in [1.165, 1.54) is 6.07 Å². The van der Waals surface area contributed by atoms with Crippen LogP contribution >= 0.6 is 11.6 Å². The molecule has 0 atom stereocenters. The third kappa shape index (κ3) is 4.09. The molecular formula is C16H17ClFNO2. The summed E-state index contributed by atoms with van der Waals surface area (Å²) in [5.41, 5.74) is 7.40. The summed E-state index contributed by atoms with van der Waals surface area (Å²) in [5, 5.41) is 0.0870. The predicted octanol–water partition coefficient (Wildman–Crippen LogP) is 3.57. The number of ether oxygens (including phenoxy) is 2. The van der Waals surface area contributed by atoms with E-state index in [1.54, 1.807) is 19.2 Å². The highest BCUT2D eigenvalue weighted by molar-refractivity contribution is 6.30. The molecule has 0 aromatic heterocycles. The third-order valence-corrected chi connectivity index (χ3v) is 3.36. The molecule has 0 spiro atoms. The SMILES string of the molecule is COc1ccc(CCN)c(OCc2ccc(F)c(Cl)c2)c1. The highest BCUT2D eigenvalue weighted by atomic mass is 35.5. The van der Waals surface area contributed by atoms with Crippen LogP contribution < -0.4 is 15.2 Å². The highest BCUT2D eigenvalue weighted by Gasteiger charge is 2.07. The van der Waals surface area contributed by atoms with Gasteiger partial charge in [-0.25, -0.2) is 4.39 Å². The number of hydrogen-bond donors (Lipinski definition) is 1. The zero-order valence-electron chi connectivity index (χ0n) is 11.7. The largest absolute Gasteiger partial charge is 0.497 e. The van der Waals surface area contributed by atoms with E-state index in [2.05, 4.69) is 0 Å². The molecule has 0 bridgehead atoms. The Kier molecular flexibility index (Phi) is 5.42. The van der Waals surface area contributed by atoms with Gasteiger partial charge in [0.15, 0.2) is 0 Å². The number of benzene rings is 2. The molecule has 0 unspecified atom stereocenters. The van der Waals surface area contributed by atoms with Crippen molar-refractivity contribution >= 4 is 11.6 Å². The highest BCUT2D eigenvalue weighted by Crippen LogP contribution is 2.26. The Morgan fingerprint density at radius 3 is 2.67 bits per heavy atom. The molecule has 5 heteroatoms. The van der Waals surface area contributed by atoms with E-state index in [0.29, 0.717) is 31.1 Å². The first-order valence-electron chi connectivity index (χ1n) is 6.57. The Labute approximate surface area is 128 Å². The van der Waals surface area contributed by atoms with Gasteiger partial charge in [-0.15, -0.1) is 0 Å². The van der Waals surface area contributed by atoms with Crippen LogP contribution in [0.3, 0.4) is 0 Å². The van der Waals surface area contributed by atoms with Crippen molar-refractivity contribution in [2.75, 3.05) is 13.7 Å². The predicted molar refractivity (Wildman–Crippen MR) is 81.5 cm³/mol. The van der Waals surface area contributed by atoms with Crippen LogP contribution in [0.1, 0.15) is 11.1 Å². The molecule has 2 rings (SSSR count). The Balaban J connectivity index is 2.15. The van der Waals surface area contributed by atoms with Gasteiger partial charge in [-0.2, -0.15) is 0 Å². The maximum absolute atomic E-state index is 13.1. The van der Waals surface area contributed by atoms with E-state index in [4.69, 9.17) is 26.8 Å². The van der Waals surface area contributed by atoms with Crippen molar-refractivity contribution in [1.82, 2.24) is 0 Å². The van der Waals surface area contributed by atoms with Gasteiger partial charge in [-0.05, 0) is 42.3 Å². The molecule has 0 radical (unpaired) electrons. The van der Waals surface area contributed by atoms with Crippen molar-refractivity contribution in [3.05, 3.63) is 58.4 Å². The molecule has 21 heavy (non-hydrogen) atoms. The van der Waals surface area contributed by atoms with Crippen molar-refractivity contribution in [3.8, 4) is 11.5 Å². The Hall–Kier alpha value is -1.78. The van der Waals surface area contributed by atoms with E-state index in [1.807, 2.05) is 18.2 Å². The minimum atomic E-state index is -0.439. The maximum atomic E-state index is 13.1. The second-order valence-corrected chi connectivity index (χ2v) is 4.96. The molecule has 0 fully saturated rings. The van der Waals surface area contributed by atoms with Gasteiger partial charge in [0, 0.05) is 6.07 Å². The second-order valence-electron chi connectivity index (χ2n) is 4.55. The van der Waals surface area contributed by atoms with Crippen LogP contribution in [0.2, 0.25) is 5.02 Å². The van der Waals surface area contributed by atoms with Crippen LogP contribution in [0.5, 0.6) is 11.5 Å². The summed E-state index contributed by atoms with van der Waals surface area (Å²) < 4.78 is 24.1. The van der Waals surface area contributed by atoms with Gasteiger partial charge >= 0.3 is 0 Å². The van der Waals surface area contributed by atoms with Gasteiger partial charge in [0.2, 0.25) is 0 Å². The molecule has 2 aromatic rings. The van der Waals surface area contributed by atoms with Crippen LogP contribution in [0.15, 0.2) is 36.4 Å². The fourth-order valence-electron chi connectivity index (χ4n) is 1.95. The molecule has 0 saturated heterocycles. The van der Waals surface area contributed by atoms with Crippen LogP contribution in [0, 0.1) is 5.82 Å². The average molecular weight is 310 g/mol. The van der Waals surface area contributed by atoms with Crippen LogP contribution in [0.4, 0.5) is 4.39 Å². The van der Waals surface area contributed by atoms with Gasteiger partial charge in [-0.1, -0.05) is 23.7 Å². The molecule has 0 aliphatic carbocycles. The summed E-state index contributed by atoms with van der Waals surface area (Å²) in [5.74, 6) is 0.980. The van der Waals surface area contributed by atoms with Gasteiger partial charge in [0.25, 0.3) is 0 Å². The van der Waals surface area contributed by atoms with Gasteiger partial charge in [-0.3, -0.25) is 0 Å². The minimum Gasteiger partial charge on any atom is -0.497 e.